The summed E-state index contributed by atoms with van der Waals surface area (Å²) in [4.78, 5) is 6.55. The van der Waals surface area contributed by atoms with Crippen LogP contribution in [0.5, 0.6) is 5.75 Å². The number of pyridine rings is 1. The molecule has 2 unspecified atom stereocenters. The molecule has 0 spiro atoms. The number of hydrogen-bond acceptors (Lipinski definition) is 5. The fraction of sp³-hybridized carbons (Fsp3) is 0.238. The fourth-order valence-corrected chi connectivity index (χ4v) is 4.74. The number of hydrogen-bond donors (Lipinski definition) is 2. The molecule has 31 heavy (non-hydrogen) atoms. The SMILES string of the molecule is COc1cc(N2C(=S)NC(c3ccccn3)C2c2cccn2C)ccc1NS(C)(=O)=O. The highest BCUT2D eigenvalue weighted by Crippen LogP contribution is 2.43. The van der Waals surface area contributed by atoms with Crippen LogP contribution in [0.3, 0.4) is 0 Å². The molecule has 0 saturated carbocycles. The molecule has 1 aliphatic heterocycles. The van der Waals surface area contributed by atoms with Gasteiger partial charge in [-0.25, -0.2) is 8.42 Å². The van der Waals surface area contributed by atoms with Crippen LogP contribution in [0.2, 0.25) is 0 Å². The normalized spacial score (nSPS) is 18.7. The number of ether oxygens (including phenoxy) is 1. The van der Waals surface area contributed by atoms with E-state index >= 15 is 0 Å². The Kier molecular flexibility index (Phi) is 5.59. The Morgan fingerprint density at radius 3 is 2.61 bits per heavy atom. The van der Waals surface area contributed by atoms with E-state index in [1.807, 2.05) is 48.5 Å². The summed E-state index contributed by atoms with van der Waals surface area (Å²) < 4.78 is 33.4. The van der Waals surface area contributed by atoms with Crippen LogP contribution in [0.15, 0.2) is 60.9 Å². The van der Waals surface area contributed by atoms with Gasteiger partial charge in [0.05, 0.1) is 30.8 Å². The molecule has 1 saturated heterocycles. The summed E-state index contributed by atoms with van der Waals surface area (Å²) in [6, 6.07) is 14.8. The number of rotatable bonds is 6. The molecule has 0 radical (unpaired) electrons. The minimum absolute atomic E-state index is 0.165. The molecule has 3 heterocycles. The van der Waals surface area contributed by atoms with E-state index in [0.29, 0.717) is 16.5 Å². The zero-order valence-electron chi connectivity index (χ0n) is 17.3. The van der Waals surface area contributed by atoms with Crippen molar-refractivity contribution in [1.82, 2.24) is 14.9 Å². The third-order valence-corrected chi connectivity index (χ3v) is 6.05. The van der Waals surface area contributed by atoms with Gasteiger partial charge in [-0.1, -0.05) is 6.07 Å². The predicted octanol–water partition coefficient (Wildman–Crippen LogP) is 2.98. The first kappa shape index (κ1) is 21.1. The third kappa shape index (κ3) is 4.21. The lowest BCUT2D eigenvalue weighted by atomic mass is 10.0. The van der Waals surface area contributed by atoms with Crippen LogP contribution in [0.25, 0.3) is 0 Å². The van der Waals surface area contributed by atoms with Crippen molar-refractivity contribution < 1.29 is 13.2 Å². The summed E-state index contributed by atoms with van der Waals surface area (Å²) in [5.74, 6) is 0.401. The molecule has 3 aromatic rings. The van der Waals surface area contributed by atoms with Gasteiger partial charge in [-0.05, 0) is 48.6 Å². The number of methoxy groups -OCH3 is 1. The molecule has 1 aliphatic rings. The zero-order chi connectivity index (χ0) is 22.2. The van der Waals surface area contributed by atoms with Crippen molar-refractivity contribution in [2.75, 3.05) is 23.0 Å². The van der Waals surface area contributed by atoms with Gasteiger partial charge < -0.3 is 19.5 Å². The lowest BCUT2D eigenvalue weighted by molar-refractivity contribution is 0.417. The number of anilines is 2. The van der Waals surface area contributed by atoms with E-state index in [0.717, 1.165) is 23.3 Å². The second kappa shape index (κ2) is 8.20. The molecule has 0 amide bonds. The molecule has 4 rings (SSSR count). The summed E-state index contributed by atoms with van der Waals surface area (Å²) in [7, 11) is 0.0463. The van der Waals surface area contributed by atoms with E-state index in [2.05, 4.69) is 25.7 Å². The molecule has 2 N–H and O–H groups in total. The molecule has 1 aromatic carbocycles. The average Bonchev–Trinajstić information content (AvgIpc) is 3.30. The molecular weight excluding hydrogens is 434 g/mol. The van der Waals surface area contributed by atoms with E-state index in [1.165, 1.54) is 7.11 Å². The number of nitrogens with one attached hydrogen (secondary N) is 2. The maximum atomic E-state index is 11.7. The Bertz CT molecular complexity index is 1210. The van der Waals surface area contributed by atoms with Gasteiger partial charge in [-0.3, -0.25) is 9.71 Å². The smallest absolute Gasteiger partial charge is 0.229 e. The Morgan fingerprint density at radius 2 is 2.00 bits per heavy atom. The minimum atomic E-state index is -3.44. The van der Waals surface area contributed by atoms with Crippen molar-refractivity contribution in [3.05, 3.63) is 72.3 Å². The second-order valence-corrected chi connectivity index (χ2v) is 9.43. The van der Waals surface area contributed by atoms with E-state index in [9.17, 15) is 8.42 Å². The fourth-order valence-electron chi connectivity index (χ4n) is 3.83. The summed E-state index contributed by atoms with van der Waals surface area (Å²) >= 11 is 5.72. The summed E-state index contributed by atoms with van der Waals surface area (Å²) in [5, 5.41) is 3.95. The minimum Gasteiger partial charge on any atom is -0.494 e. The number of sulfonamides is 1. The first-order chi connectivity index (χ1) is 14.8. The second-order valence-electron chi connectivity index (χ2n) is 7.30. The quantitative estimate of drug-likeness (QED) is 0.550. The molecule has 2 atom stereocenters. The van der Waals surface area contributed by atoms with Gasteiger partial charge in [0.25, 0.3) is 0 Å². The van der Waals surface area contributed by atoms with E-state index < -0.39 is 10.0 Å². The van der Waals surface area contributed by atoms with Crippen molar-refractivity contribution in [2.24, 2.45) is 7.05 Å². The van der Waals surface area contributed by atoms with Gasteiger partial charge in [-0.15, -0.1) is 0 Å². The van der Waals surface area contributed by atoms with Gasteiger partial charge >= 0.3 is 0 Å². The standard InChI is InChI=1S/C21H23N5O3S2/c1-25-12-6-8-17(25)20-19(16-7-4-5-11-22-16)23-21(30)26(20)14-9-10-15(18(13-14)29-2)24-31(3,27)28/h4-13,19-20,24H,1-3H3,(H,23,30). The van der Waals surface area contributed by atoms with E-state index in [4.69, 9.17) is 17.0 Å². The zero-order valence-corrected chi connectivity index (χ0v) is 18.9. The van der Waals surface area contributed by atoms with Gasteiger partial charge in [0.2, 0.25) is 10.0 Å². The number of benzene rings is 1. The van der Waals surface area contributed by atoms with Crippen LogP contribution in [-0.4, -0.2) is 36.4 Å². The molecule has 1 fully saturated rings. The predicted molar refractivity (Wildman–Crippen MR) is 125 cm³/mol. The van der Waals surface area contributed by atoms with Gasteiger partial charge in [0, 0.05) is 36.9 Å². The van der Waals surface area contributed by atoms with E-state index in [-0.39, 0.29) is 12.1 Å². The van der Waals surface area contributed by atoms with Crippen LogP contribution in [0, 0.1) is 0 Å². The molecule has 0 bridgehead atoms. The number of nitrogens with zero attached hydrogens (tertiary/aromatic N) is 3. The molecule has 0 aliphatic carbocycles. The molecule has 8 nitrogen and oxygen atoms in total. The summed E-state index contributed by atoms with van der Waals surface area (Å²) in [6.45, 7) is 0. The average molecular weight is 458 g/mol. The van der Waals surface area contributed by atoms with Crippen molar-refractivity contribution in [1.29, 1.82) is 0 Å². The third-order valence-electron chi connectivity index (χ3n) is 5.14. The van der Waals surface area contributed by atoms with Crippen molar-refractivity contribution in [3.63, 3.8) is 0 Å². The van der Waals surface area contributed by atoms with Crippen LogP contribution in [0.1, 0.15) is 23.5 Å². The first-order valence-corrected chi connectivity index (χ1v) is 11.9. The maximum absolute atomic E-state index is 11.7. The van der Waals surface area contributed by atoms with Crippen LogP contribution in [0.4, 0.5) is 11.4 Å². The van der Waals surface area contributed by atoms with Crippen LogP contribution < -0.4 is 19.7 Å². The molecule has 162 valence electrons. The van der Waals surface area contributed by atoms with Crippen LogP contribution in [-0.2, 0) is 17.1 Å². The van der Waals surface area contributed by atoms with Crippen LogP contribution >= 0.6 is 12.2 Å². The monoisotopic (exact) mass is 457 g/mol. The molecule has 10 heteroatoms. The number of thiocarbonyl (C=S) groups is 1. The highest BCUT2D eigenvalue weighted by Gasteiger charge is 2.42. The van der Waals surface area contributed by atoms with Gasteiger partial charge in [0.1, 0.15) is 11.8 Å². The van der Waals surface area contributed by atoms with Gasteiger partial charge in [0.15, 0.2) is 5.11 Å². The Labute approximate surface area is 186 Å². The Hall–Kier alpha value is -3.11. The number of aromatic nitrogens is 2. The summed E-state index contributed by atoms with van der Waals surface area (Å²) in [6.07, 6.45) is 4.85. The highest BCUT2D eigenvalue weighted by atomic mass is 32.2. The van der Waals surface area contributed by atoms with Crippen molar-refractivity contribution in [2.45, 2.75) is 12.1 Å². The maximum Gasteiger partial charge on any atom is 0.229 e. The van der Waals surface area contributed by atoms with Crippen molar-refractivity contribution in [3.8, 4) is 5.75 Å². The lowest BCUT2D eigenvalue weighted by Gasteiger charge is -2.28. The largest absolute Gasteiger partial charge is 0.494 e. The van der Waals surface area contributed by atoms with Gasteiger partial charge in [-0.2, -0.15) is 0 Å². The lowest BCUT2D eigenvalue weighted by Crippen LogP contribution is -2.30. The Balaban J connectivity index is 1.81. The molecular formula is C21H23N5O3S2. The van der Waals surface area contributed by atoms with E-state index in [1.54, 1.807) is 18.3 Å². The number of aryl methyl sites for hydroxylation is 1. The summed E-state index contributed by atoms with van der Waals surface area (Å²) in [5.41, 5.74) is 3.07. The van der Waals surface area contributed by atoms with Crippen molar-refractivity contribution >= 4 is 38.7 Å². The topological polar surface area (TPSA) is 88.5 Å². The highest BCUT2D eigenvalue weighted by molar-refractivity contribution is 7.92. The molecule has 2 aromatic heterocycles. The Morgan fingerprint density at radius 1 is 1.19 bits per heavy atom. The first-order valence-electron chi connectivity index (χ1n) is 9.56.